The molecule has 25 heavy (non-hydrogen) atoms. The molecule has 8 nitrogen and oxygen atoms in total. The topological polar surface area (TPSA) is 116 Å². The monoisotopic (exact) mass is 346 g/mol. The Morgan fingerprint density at radius 2 is 2.12 bits per heavy atom. The summed E-state index contributed by atoms with van der Waals surface area (Å²) < 4.78 is 5.07. The second-order valence-corrected chi connectivity index (χ2v) is 6.05. The summed E-state index contributed by atoms with van der Waals surface area (Å²) in [5.74, 6) is -1.92. The van der Waals surface area contributed by atoms with E-state index in [0.717, 1.165) is 0 Å². The van der Waals surface area contributed by atoms with Crippen LogP contribution < -0.4 is 10.1 Å². The molecule has 0 bridgehead atoms. The van der Waals surface area contributed by atoms with Crippen molar-refractivity contribution >= 4 is 23.5 Å². The number of rotatable bonds is 4. The van der Waals surface area contributed by atoms with Gasteiger partial charge in [-0.1, -0.05) is 12.1 Å². The van der Waals surface area contributed by atoms with Gasteiger partial charge in [0.25, 0.3) is 0 Å². The first-order chi connectivity index (χ1) is 11.8. The zero-order valence-electron chi connectivity index (χ0n) is 13.7. The average Bonchev–Trinajstić information content (AvgIpc) is 2.89. The van der Waals surface area contributed by atoms with Gasteiger partial charge in [-0.2, -0.15) is 0 Å². The Bertz CT molecular complexity index is 785. The third-order valence-corrected chi connectivity index (χ3v) is 4.53. The van der Waals surface area contributed by atoms with Crippen molar-refractivity contribution in [3.05, 3.63) is 35.5 Å². The highest BCUT2D eigenvalue weighted by Gasteiger charge is 2.56. The summed E-state index contributed by atoms with van der Waals surface area (Å²) in [6.45, 7) is 1.52. The van der Waals surface area contributed by atoms with E-state index in [1.807, 2.05) is 0 Å². The number of benzene rings is 1. The fourth-order valence-electron chi connectivity index (χ4n) is 3.43. The van der Waals surface area contributed by atoms with Gasteiger partial charge in [0, 0.05) is 7.05 Å². The summed E-state index contributed by atoms with van der Waals surface area (Å²) >= 11 is 0. The molecule has 8 heteroatoms. The molecule has 1 saturated heterocycles. The molecule has 1 fully saturated rings. The van der Waals surface area contributed by atoms with Crippen LogP contribution in [0.2, 0.25) is 0 Å². The Kier molecular flexibility index (Phi) is 4.22. The molecule has 2 amide bonds. The van der Waals surface area contributed by atoms with Gasteiger partial charge in [-0.25, -0.2) is 9.59 Å². The van der Waals surface area contributed by atoms with Gasteiger partial charge in [0.2, 0.25) is 5.91 Å². The van der Waals surface area contributed by atoms with Crippen LogP contribution in [0.3, 0.4) is 0 Å². The number of nitrogens with zero attached hydrogens (tertiary/aromatic N) is 1. The molecule has 0 aromatic heterocycles. The molecule has 3 N–H and O–H groups in total. The van der Waals surface area contributed by atoms with Crippen LogP contribution >= 0.6 is 0 Å². The van der Waals surface area contributed by atoms with E-state index in [2.05, 4.69) is 5.32 Å². The lowest BCUT2D eigenvalue weighted by molar-refractivity contribution is -0.161. The lowest BCUT2D eigenvalue weighted by atomic mass is 9.82. The number of amides is 2. The van der Waals surface area contributed by atoms with Crippen LogP contribution in [0.4, 0.5) is 4.79 Å². The number of aliphatic carboxylic acids is 1. The van der Waals surface area contributed by atoms with Crippen molar-refractivity contribution in [3.8, 4) is 5.75 Å². The predicted molar refractivity (Wildman–Crippen MR) is 86.5 cm³/mol. The van der Waals surface area contributed by atoms with Gasteiger partial charge in [0.1, 0.15) is 11.4 Å². The summed E-state index contributed by atoms with van der Waals surface area (Å²) in [6.07, 6.45) is -1.15. The van der Waals surface area contributed by atoms with E-state index in [1.165, 1.54) is 18.9 Å². The van der Waals surface area contributed by atoms with Crippen molar-refractivity contribution < 1.29 is 29.3 Å². The average molecular weight is 346 g/mol. The summed E-state index contributed by atoms with van der Waals surface area (Å²) in [5, 5.41) is 21.6. The minimum atomic E-state index is -1.20. The van der Waals surface area contributed by atoms with Gasteiger partial charge in [-0.3, -0.25) is 4.79 Å². The fraction of sp³-hybridized carbons (Fsp3) is 0.353. The van der Waals surface area contributed by atoms with Crippen molar-refractivity contribution in [2.24, 2.45) is 5.92 Å². The Hall–Kier alpha value is -2.87. The maximum atomic E-state index is 12.2. The van der Waals surface area contributed by atoms with Crippen LogP contribution in [-0.2, 0) is 9.59 Å². The van der Waals surface area contributed by atoms with E-state index in [0.29, 0.717) is 17.6 Å². The minimum absolute atomic E-state index is 0.0796. The zero-order valence-corrected chi connectivity index (χ0v) is 13.7. The smallest absolute Gasteiger partial charge is 0.412 e. The van der Waals surface area contributed by atoms with Crippen LogP contribution in [-0.4, -0.2) is 52.3 Å². The minimum Gasteiger partial charge on any atom is -0.477 e. The first-order valence-corrected chi connectivity index (χ1v) is 7.82. The SMILES string of the molecule is CNC(=O)Oc1cccc(C2=C(C(=O)O)N3C(=O)C([C@@H](C)O)[C@@H]3C2)c1. The van der Waals surface area contributed by atoms with Crippen molar-refractivity contribution in [2.45, 2.75) is 25.5 Å². The van der Waals surface area contributed by atoms with Gasteiger partial charge in [0.05, 0.1) is 18.1 Å². The molecule has 0 radical (unpaired) electrons. The van der Waals surface area contributed by atoms with Crippen molar-refractivity contribution in [2.75, 3.05) is 7.05 Å². The Labute approximate surface area is 143 Å². The highest BCUT2D eigenvalue weighted by atomic mass is 16.5. The molecule has 2 heterocycles. The highest BCUT2D eigenvalue weighted by molar-refractivity contribution is 6.06. The molecule has 0 spiro atoms. The lowest BCUT2D eigenvalue weighted by Gasteiger charge is -2.44. The van der Waals surface area contributed by atoms with E-state index >= 15 is 0 Å². The Morgan fingerprint density at radius 3 is 2.72 bits per heavy atom. The molecule has 2 aliphatic rings. The van der Waals surface area contributed by atoms with E-state index in [1.54, 1.807) is 24.3 Å². The zero-order chi connectivity index (χ0) is 18.3. The van der Waals surface area contributed by atoms with Gasteiger partial charge in [-0.05, 0) is 36.6 Å². The first-order valence-electron chi connectivity index (χ1n) is 7.82. The molecule has 3 atom stereocenters. The number of carbonyl (C=O) groups excluding carboxylic acids is 2. The van der Waals surface area contributed by atoms with Gasteiger partial charge in [-0.15, -0.1) is 0 Å². The molecular formula is C17H18N2O6. The maximum Gasteiger partial charge on any atom is 0.412 e. The van der Waals surface area contributed by atoms with Gasteiger partial charge in [0.15, 0.2) is 0 Å². The van der Waals surface area contributed by atoms with Crippen molar-refractivity contribution in [1.29, 1.82) is 0 Å². The van der Waals surface area contributed by atoms with Crippen LogP contribution in [0.25, 0.3) is 5.57 Å². The number of nitrogens with one attached hydrogen (secondary N) is 1. The number of carboxylic acids is 1. The first kappa shape index (κ1) is 17.0. The number of β-lactam (4-membered cyclic amide) rings is 1. The number of fused-ring (bicyclic) bond motifs is 1. The van der Waals surface area contributed by atoms with Crippen LogP contribution in [0, 0.1) is 5.92 Å². The number of hydrogen-bond acceptors (Lipinski definition) is 5. The normalized spacial score (nSPS) is 23.0. The molecule has 1 unspecified atom stereocenters. The summed E-state index contributed by atoms with van der Waals surface area (Å²) in [4.78, 5) is 36.5. The summed E-state index contributed by atoms with van der Waals surface area (Å²) in [7, 11) is 1.43. The molecule has 1 aromatic rings. The van der Waals surface area contributed by atoms with Gasteiger partial charge >= 0.3 is 12.1 Å². The third-order valence-electron chi connectivity index (χ3n) is 4.53. The van der Waals surface area contributed by atoms with E-state index in [-0.39, 0.29) is 23.4 Å². The Morgan fingerprint density at radius 1 is 1.40 bits per heavy atom. The van der Waals surface area contributed by atoms with E-state index < -0.39 is 24.1 Å². The molecule has 0 aliphatic carbocycles. The molecule has 1 aromatic carbocycles. The highest BCUT2D eigenvalue weighted by Crippen LogP contribution is 2.47. The number of carboxylic acid groups (broad SMARTS) is 1. The second kappa shape index (κ2) is 6.21. The predicted octanol–water partition coefficient (Wildman–Crippen LogP) is 0.812. The van der Waals surface area contributed by atoms with Crippen molar-refractivity contribution in [3.63, 3.8) is 0 Å². The fourth-order valence-corrected chi connectivity index (χ4v) is 3.43. The van der Waals surface area contributed by atoms with E-state index in [4.69, 9.17) is 4.74 Å². The van der Waals surface area contributed by atoms with E-state index in [9.17, 15) is 24.6 Å². The summed E-state index contributed by atoms with van der Waals surface area (Å²) in [6, 6.07) is 6.11. The molecular weight excluding hydrogens is 328 g/mol. The van der Waals surface area contributed by atoms with Gasteiger partial charge < -0.3 is 25.2 Å². The molecule has 2 aliphatic heterocycles. The quantitative estimate of drug-likeness (QED) is 0.695. The lowest BCUT2D eigenvalue weighted by Crippen LogP contribution is -2.61. The number of aliphatic hydroxyl groups is 1. The van der Waals surface area contributed by atoms with Crippen molar-refractivity contribution in [1.82, 2.24) is 10.2 Å². The van der Waals surface area contributed by atoms with Crippen LogP contribution in [0.15, 0.2) is 30.0 Å². The van der Waals surface area contributed by atoms with Crippen LogP contribution in [0.1, 0.15) is 18.9 Å². The number of ether oxygens (including phenoxy) is 1. The molecule has 132 valence electrons. The van der Waals surface area contributed by atoms with Crippen LogP contribution in [0.5, 0.6) is 5.75 Å². The largest absolute Gasteiger partial charge is 0.477 e. The number of hydrogen-bond donors (Lipinski definition) is 3. The second-order valence-electron chi connectivity index (χ2n) is 6.05. The molecule has 3 rings (SSSR count). The third kappa shape index (κ3) is 2.74. The standard InChI is InChI=1S/C17H18N2O6/c1-8(20)13-12-7-11(14(16(22)23)19(12)15(13)21)9-4-3-5-10(6-9)25-17(24)18-2/h3-6,8,12-13,20H,7H2,1-2H3,(H,18,24)(H,22,23)/t8-,12+,13?/m1/s1. The number of aliphatic hydroxyl groups excluding tert-OH is 1. The summed E-state index contributed by atoms with van der Waals surface area (Å²) in [5.41, 5.74) is 0.964. The Balaban J connectivity index is 1.96. The maximum absolute atomic E-state index is 12.2. The number of carbonyl (C=O) groups is 3. The molecule has 0 saturated carbocycles.